The molecule has 0 aliphatic rings. The van der Waals surface area contributed by atoms with Crippen molar-refractivity contribution in [2.45, 2.75) is 13.0 Å². The van der Waals surface area contributed by atoms with Gasteiger partial charge in [-0.05, 0) is 23.6 Å². The number of hydrogen-bond acceptors (Lipinski definition) is 3. The molecular formula is C19H20N4O2. The van der Waals surface area contributed by atoms with Gasteiger partial charge in [-0.15, -0.1) is 0 Å². The van der Waals surface area contributed by atoms with Crippen LogP contribution in [0.3, 0.4) is 0 Å². The van der Waals surface area contributed by atoms with Gasteiger partial charge in [-0.1, -0.05) is 48.5 Å². The molecule has 0 aliphatic carbocycles. The second-order valence-electron chi connectivity index (χ2n) is 5.56. The Morgan fingerprint density at radius 1 is 1.12 bits per heavy atom. The minimum Gasteiger partial charge on any atom is -0.444 e. The maximum atomic E-state index is 11.7. The molecule has 0 saturated carbocycles. The lowest BCUT2D eigenvalue weighted by molar-refractivity contribution is 0.145. The number of aliphatic imine (C=N–C) groups is 1. The number of aromatic amines is 1. The number of nitrogens with one attached hydrogen (secondary N) is 2. The van der Waals surface area contributed by atoms with E-state index in [9.17, 15) is 4.79 Å². The largest absolute Gasteiger partial charge is 0.444 e. The van der Waals surface area contributed by atoms with E-state index >= 15 is 0 Å². The molecule has 2 aromatic carbocycles. The Morgan fingerprint density at radius 2 is 1.88 bits per heavy atom. The van der Waals surface area contributed by atoms with Gasteiger partial charge in [0.25, 0.3) is 0 Å². The fraction of sp³-hybridized carbons (Fsp3) is 0.158. The lowest BCUT2D eigenvalue weighted by atomic mass is 10.1. The highest BCUT2D eigenvalue weighted by molar-refractivity contribution is 5.92. The molecule has 0 atom stereocenters. The number of alkyl carbamates (subject to hydrolysis) is 1. The van der Waals surface area contributed by atoms with Crippen LogP contribution < -0.4 is 11.1 Å². The van der Waals surface area contributed by atoms with Crippen molar-refractivity contribution in [1.82, 2.24) is 10.3 Å². The van der Waals surface area contributed by atoms with Gasteiger partial charge in [-0.25, -0.2) is 4.79 Å². The molecule has 6 nitrogen and oxygen atoms in total. The normalized spacial score (nSPS) is 11.4. The van der Waals surface area contributed by atoms with E-state index in [1.165, 1.54) is 10.9 Å². The van der Waals surface area contributed by atoms with E-state index in [0.29, 0.717) is 6.54 Å². The lowest BCUT2D eigenvalue weighted by Crippen LogP contribution is -2.37. The number of benzene rings is 2. The Kier molecular flexibility index (Phi) is 5.31. The van der Waals surface area contributed by atoms with E-state index in [2.05, 4.69) is 21.4 Å². The molecule has 1 heterocycles. The summed E-state index contributed by atoms with van der Waals surface area (Å²) in [6.45, 7) is 0.669. The number of fused-ring (bicyclic) bond motifs is 1. The molecule has 0 unspecified atom stereocenters. The Balaban J connectivity index is 1.46. The third kappa shape index (κ3) is 4.60. The summed E-state index contributed by atoms with van der Waals surface area (Å²) in [6, 6.07) is 17.5. The number of rotatable bonds is 5. The van der Waals surface area contributed by atoms with Crippen molar-refractivity contribution in [1.29, 1.82) is 0 Å². The third-order valence-electron chi connectivity index (χ3n) is 3.78. The number of ether oxygens (including phenoxy) is 1. The number of nitrogens with zero attached hydrogens (tertiary/aromatic N) is 1. The van der Waals surface area contributed by atoms with Gasteiger partial charge in [-0.3, -0.25) is 10.3 Å². The highest BCUT2D eigenvalue weighted by Gasteiger charge is 2.05. The molecule has 6 heteroatoms. The quantitative estimate of drug-likeness (QED) is 0.494. The van der Waals surface area contributed by atoms with Gasteiger partial charge in [0, 0.05) is 23.6 Å². The zero-order valence-electron chi connectivity index (χ0n) is 13.7. The summed E-state index contributed by atoms with van der Waals surface area (Å²) in [5.74, 6) is 0.0536. The van der Waals surface area contributed by atoms with Crippen LogP contribution in [0.25, 0.3) is 10.9 Å². The molecule has 0 fully saturated rings. The summed E-state index contributed by atoms with van der Waals surface area (Å²) >= 11 is 0. The molecule has 0 bridgehead atoms. The smallest absolute Gasteiger partial charge is 0.414 e. The predicted molar refractivity (Wildman–Crippen MR) is 98.3 cm³/mol. The summed E-state index contributed by atoms with van der Waals surface area (Å²) in [6.07, 6.45) is 2.08. The van der Waals surface area contributed by atoms with Crippen LogP contribution in [-0.2, 0) is 17.8 Å². The first-order chi connectivity index (χ1) is 12.2. The maximum Gasteiger partial charge on any atom is 0.414 e. The monoisotopic (exact) mass is 336 g/mol. The SMILES string of the molecule is NC(=NCCc1c[nH]c2ccccc12)NC(=O)OCc1ccccc1. The summed E-state index contributed by atoms with van der Waals surface area (Å²) in [7, 11) is 0. The van der Waals surface area contributed by atoms with Crippen LogP contribution >= 0.6 is 0 Å². The summed E-state index contributed by atoms with van der Waals surface area (Å²) in [5, 5.41) is 3.60. The Bertz CT molecular complexity index is 871. The van der Waals surface area contributed by atoms with Gasteiger partial charge in [0.2, 0.25) is 0 Å². The first kappa shape index (κ1) is 16.6. The molecule has 3 aromatic rings. The first-order valence-corrected chi connectivity index (χ1v) is 8.05. The van der Waals surface area contributed by atoms with Crippen molar-refractivity contribution in [3.05, 3.63) is 71.9 Å². The van der Waals surface area contributed by atoms with Gasteiger partial charge in [0.1, 0.15) is 6.61 Å². The Hall–Kier alpha value is -3.28. The molecule has 0 radical (unpaired) electrons. The van der Waals surface area contributed by atoms with Crippen molar-refractivity contribution in [3.8, 4) is 0 Å². The molecular weight excluding hydrogens is 316 g/mol. The zero-order valence-corrected chi connectivity index (χ0v) is 13.7. The van der Waals surface area contributed by atoms with Crippen molar-refractivity contribution in [2.24, 2.45) is 10.7 Å². The zero-order chi connectivity index (χ0) is 17.5. The minimum atomic E-state index is -0.614. The number of aromatic nitrogens is 1. The van der Waals surface area contributed by atoms with Gasteiger partial charge >= 0.3 is 6.09 Å². The molecule has 128 valence electrons. The van der Waals surface area contributed by atoms with Gasteiger partial charge in [0.05, 0.1) is 0 Å². The summed E-state index contributed by atoms with van der Waals surface area (Å²) < 4.78 is 5.09. The van der Waals surface area contributed by atoms with E-state index in [1.54, 1.807) is 0 Å². The van der Waals surface area contributed by atoms with E-state index in [1.807, 2.05) is 54.7 Å². The van der Waals surface area contributed by atoms with E-state index in [0.717, 1.165) is 17.5 Å². The van der Waals surface area contributed by atoms with Crippen LogP contribution in [-0.4, -0.2) is 23.6 Å². The van der Waals surface area contributed by atoms with Gasteiger partial charge in [-0.2, -0.15) is 0 Å². The summed E-state index contributed by atoms with van der Waals surface area (Å²) in [4.78, 5) is 19.1. The van der Waals surface area contributed by atoms with E-state index < -0.39 is 6.09 Å². The second-order valence-corrected chi connectivity index (χ2v) is 5.56. The first-order valence-electron chi connectivity index (χ1n) is 8.05. The highest BCUT2D eigenvalue weighted by atomic mass is 16.5. The average Bonchev–Trinajstić information content (AvgIpc) is 3.04. The molecule has 0 spiro atoms. The van der Waals surface area contributed by atoms with Crippen LogP contribution in [0.1, 0.15) is 11.1 Å². The number of carbonyl (C=O) groups is 1. The number of amides is 1. The predicted octanol–water partition coefficient (Wildman–Crippen LogP) is 2.95. The van der Waals surface area contributed by atoms with Crippen molar-refractivity contribution < 1.29 is 9.53 Å². The van der Waals surface area contributed by atoms with Crippen molar-refractivity contribution in [2.75, 3.05) is 6.54 Å². The molecule has 25 heavy (non-hydrogen) atoms. The standard InChI is InChI=1S/C19H20N4O2/c20-18(23-19(24)25-13-14-6-2-1-3-7-14)21-11-10-15-12-22-17-9-5-4-8-16(15)17/h1-9,12,22H,10-11,13H2,(H3,20,21,23,24). The van der Waals surface area contributed by atoms with Crippen LogP contribution in [0.2, 0.25) is 0 Å². The number of para-hydroxylation sites is 1. The molecule has 4 N–H and O–H groups in total. The van der Waals surface area contributed by atoms with Gasteiger partial charge < -0.3 is 15.5 Å². The molecule has 1 amide bonds. The van der Waals surface area contributed by atoms with Crippen LogP contribution in [0, 0.1) is 0 Å². The Labute approximate surface area is 145 Å². The van der Waals surface area contributed by atoms with Crippen LogP contribution in [0.15, 0.2) is 65.8 Å². The van der Waals surface area contributed by atoms with Crippen LogP contribution in [0.5, 0.6) is 0 Å². The molecule has 0 saturated heterocycles. The molecule has 1 aromatic heterocycles. The van der Waals surface area contributed by atoms with Gasteiger partial charge in [0.15, 0.2) is 5.96 Å². The maximum absolute atomic E-state index is 11.7. The fourth-order valence-corrected chi connectivity index (χ4v) is 2.54. The van der Waals surface area contributed by atoms with Crippen LogP contribution in [0.4, 0.5) is 4.79 Å². The third-order valence-corrected chi connectivity index (χ3v) is 3.78. The number of H-pyrrole nitrogens is 1. The van der Waals surface area contributed by atoms with Crippen molar-refractivity contribution in [3.63, 3.8) is 0 Å². The van der Waals surface area contributed by atoms with E-state index in [4.69, 9.17) is 10.5 Å². The van der Waals surface area contributed by atoms with E-state index in [-0.39, 0.29) is 12.6 Å². The minimum absolute atomic E-state index is 0.0536. The number of nitrogens with two attached hydrogens (primary N) is 1. The topological polar surface area (TPSA) is 92.5 Å². The second kappa shape index (κ2) is 8.01. The summed E-state index contributed by atoms with van der Waals surface area (Å²) in [5.41, 5.74) is 8.90. The number of hydrogen-bond donors (Lipinski definition) is 3. The fourth-order valence-electron chi connectivity index (χ4n) is 2.54. The highest BCUT2D eigenvalue weighted by Crippen LogP contribution is 2.17. The number of carbonyl (C=O) groups excluding carboxylic acids is 1. The molecule has 3 rings (SSSR count). The lowest BCUT2D eigenvalue weighted by Gasteiger charge is -2.06. The Morgan fingerprint density at radius 3 is 2.72 bits per heavy atom. The average molecular weight is 336 g/mol. The van der Waals surface area contributed by atoms with Crippen molar-refractivity contribution >= 4 is 23.0 Å². The molecule has 0 aliphatic heterocycles. The number of guanidine groups is 1.